The molecule has 0 saturated carbocycles. The molecular weight excluding hydrogens is 284 g/mol. The number of nitrogens with one attached hydrogen (secondary N) is 2. The van der Waals surface area contributed by atoms with Crippen molar-refractivity contribution in [3.05, 3.63) is 46.7 Å². The highest BCUT2D eigenvalue weighted by atomic mass is 32.1. The van der Waals surface area contributed by atoms with Crippen molar-refractivity contribution >= 4 is 17.2 Å². The molecule has 1 aromatic carbocycles. The maximum Gasteiger partial charge on any atom is 0.234 e. The van der Waals surface area contributed by atoms with Crippen molar-refractivity contribution in [1.29, 1.82) is 0 Å². The quantitative estimate of drug-likeness (QED) is 0.736. The van der Waals surface area contributed by atoms with E-state index in [0.29, 0.717) is 26.2 Å². The molecule has 0 aliphatic rings. The van der Waals surface area contributed by atoms with Crippen LogP contribution in [-0.4, -0.2) is 32.7 Å². The molecule has 0 fully saturated rings. The highest BCUT2D eigenvalue weighted by Crippen LogP contribution is 2.25. The standard InChI is InChI=1S/C16H20N2O2S/c1-20-8-7-18-16(19)11-17-10-15-9-14(12-21-15)13-5-3-2-4-6-13/h2-6,9,12,17H,7-8,10-11H2,1H3,(H,18,19). The Morgan fingerprint density at radius 1 is 1.24 bits per heavy atom. The topological polar surface area (TPSA) is 50.4 Å². The first-order chi connectivity index (χ1) is 10.3. The molecule has 21 heavy (non-hydrogen) atoms. The normalized spacial score (nSPS) is 10.5. The van der Waals surface area contributed by atoms with E-state index in [2.05, 4.69) is 34.2 Å². The Morgan fingerprint density at radius 2 is 2.05 bits per heavy atom. The number of ether oxygens (including phenoxy) is 1. The van der Waals surface area contributed by atoms with E-state index < -0.39 is 0 Å². The lowest BCUT2D eigenvalue weighted by molar-refractivity contribution is -0.120. The van der Waals surface area contributed by atoms with E-state index in [-0.39, 0.29) is 5.91 Å². The zero-order valence-corrected chi connectivity index (χ0v) is 12.9. The van der Waals surface area contributed by atoms with Gasteiger partial charge in [0.2, 0.25) is 5.91 Å². The molecule has 112 valence electrons. The van der Waals surface area contributed by atoms with E-state index in [9.17, 15) is 4.79 Å². The zero-order chi connectivity index (χ0) is 14.9. The van der Waals surface area contributed by atoms with E-state index in [1.165, 1.54) is 16.0 Å². The molecule has 5 heteroatoms. The van der Waals surface area contributed by atoms with Gasteiger partial charge < -0.3 is 15.4 Å². The van der Waals surface area contributed by atoms with Crippen LogP contribution < -0.4 is 10.6 Å². The fraction of sp³-hybridized carbons (Fsp3) is 0.312. The van der Waals surface area contributed by atoms with Gasteiger partial charge in [-0.1, -0.05) is 30.3 Å². The van der Waals surface area contributed by atoms with Crippen LogP contribution in [0, 0.1) is 0 Å². The summed E-state index contributed by atoms with van der Waals surface area (Å²) in [6, 6.07) is 12.5. The Kier molecular flexibility index (Phi) is 6.40. The Balaban J connectivity index is 1.75. The number of carbonyl (C=O) groups is 1. The van der Waals surface area contributed by atoms with Crippen LogP contribution in [0.1, 0.15) is 4.88 Å². The number of rotatable bonds is 8. The zero-order valence-electron chi connectivity index (χ0n) is 12.1. The van der Waals surface area contributed by atoms with Gasteiger partial charge in [-0.25, -0.2) is 0 Å². The second-order valence-electron chi connectivity index (χ2n) is 4.61. The van der Waals surface area contributed by atoms with E-state index in [4.69, 9.17) is 4.74 Å². The molecule has 0 aliphatic heterocycles. The minimum absolute atomic E-state index is 0.00751. The molecule has 4 nitrogen and oxygen atoms in total. The number of thiophene rings is 1. The van der Waals surface area contributed by atoms with Gasteiger partial charge in [-0.05, 0) is 22.6 Å². The van der Waals surface area contributed by atoms with Crippen LogP contribution in [0.5, 0.6) is 0 Å². The molecule has 0 bridgehead atoms. The van der Waals surface area contributed by atoms with Gasteiger partial charge >= 0.3 is 0 Å². The first kappa shape index (κ1) is 15.7. The van der Waals surface area contributed by atoms with Crippen molar-refractivity contribution in [1.82, 2.24) is 10.6 Å². The number of benzene rings is 1. The van der Waals surface area contributed by atoms with E-state index in [1.54, 1.807) is 18.4 Å². The maximum absolute atomic E-state index is 11.5. The Bertz CT molecular complexity index is 554. The molecule has 2 N–H and O–H groups in total. The Hall–Kier alpha value is -1.69. The summed E-state index contributed by atoms with van der Waals surface area (Å²) in [5.41, 5.74) is 2.44. The van der Waals surface area contributed by atoms with Crippen LogP contribution >= 0.6 is 11.3 Å². The molecule has 1 aromatic heterocycles. The van der Waals surface area contributed by atoms with Gasteiger partial charge in [0.05, 0.1) is 13.2 Å². The molecule has 0 unspecified atom stereocenters. The number of hydrogen-bond acceptors (Lipinski definition) is 4. The minimum atomic E-state index is -0.00751. The molecule has 0 spiro atoms. The number of methoxy groups -OCH3 is 1. The smallest absolute Gasteiger partial charge is 0.234 e. The largest absolute Gasteiger partial charge is 0.383 e. The van der Waals surface area contributed by atoms with Gasteiger partial charge in [0.1, 0.15) is 0 Å². The summed E-state index contributed by atoms with van der Waals surface area (Å²) < 4.78 is 4.88. The van der Waals surface area contributed by atoms with Gasteiger partial charge in [0.25, 0.3) is 0 Å². The van der Waals surface area contributed by atoms with Crippen LogP contribution in [0.4, 0.5) is 0 Å². The summed E-state index contributed by atoms with van der Waals surface area (Å²) in [4.78, 5) is 12.7. The van der Waals surface area contributed by atoms with Crippen molar-refractivity contribution in [2.45, 2.75) is 6.54 Å². The predicted octanol–water partition coefficient (Wildman–Crippen LogP) is 2.27. The molecule has 0 saturated heterocycles. The summed E-state index contributed by atoms with van der Waals surface area (Å²) in [5, 5.41) is 8.07. The first-order valence-corrected chi connectivity index (χ1v) is 7.77. The van der Waals surface area contributed by atoms with Crippen molar-refractivity contribution in [2.75, 3.05) is 26.8 Å². The average Bonchev–Trinajstić information content (AvgIpc) is 2.97. The third-order valence-electron chi connectivity index (χ3n) is 2.97. The first-order valence-electron chi connectivity index (χ1n) is 6.89. The lowest BCUT2D eigenvalue weighted by Gasteiger charge is -2.05. The summed E-state index contributed by atoms with van der Waals surface area (Å²) in [6.45, 7) is 2.11. The number of amides is 1. The molecule has 0 radical (unpaired) electrons. The average molecular weight is 304 g/mol. The van der Waals surface area contributed by atoms with Crippen LogP contribution in [-0.2, 0) is 16.1 Å². The SMILES string of the molecule is COCCNC(=O)CNCc1cc(-c2ccccc2)cs1. The van der Waals surface area contributed by atoms with E-state index >= 15 is 0 Å². The van der Waals surface area contributed by atoms with Gasteiger partial charge in [-0.15, -0.1) is 11.3 Å². The fourth-order valence-corrected chi connectivity index (χ4v) is 2.77. The van der Waals surface area contributed by atoms with Gasteiger partial charge in [-0.3, -0.25) is 4.79 Å². The van der Waals surface area contributed by atoms with Crippen LogP contribution in [0.25, 0.3) is 11.1 Å². The third kappa shape index (κ3) is 5.30. The second-order valence-corrected chi connectivity index (χ2v) is 5.61. The lowest BCUT2D eigenvalue weighted by Crippen LogP contribution is -2.35. The van der Waals surface area contributed by atoms with Gasteiger partial charge in [0.15, 0.2) is 0 Å². The summed E-state index contributed by atoms with van der Waals surface area (Å²) in [7, 11) is 1.62. The van der Waals surface area contributed by atoms with Crippen molar-refractivity contribution < 1.29 is 9.53 Å². The van der Waals surface area contributed by atoms with Crippen LogP contribution in [0.3, 0.4) is 0 Å². The minimum Gasteiger partial charge on any atom is -0.383 e. The number of hydrogen-bond donors (Lipinski definition) is 2. The third-order valence-corrected chi connectivity index (χ3v) is 3.91. The summed E-state index contributed by atoms with van der Waals surface area (Å²) >= 11 is 1.70. The molecule has 0 aliphatic carbocycles. The van der Waals surface area contributed by atoms with E-state index in [0.717, 1.165) is 0 Å². The molecule has 2 rings (SSSR count). The van der Waals surface area contributed by atoms with Crippen LogP contribution in [0.15, 0.2) is 41.8 Å². The van der Waals surface area contributed by atoms with Crippen molar-refractivity contribution in [3.63, 3.8) is 0 Å². The summed E-state index contributed by atoms with van der Waals surface area (Å²) in [6.07, 6.45) is 0. The molecule has 1 amide bonds. The van der Waals surface area contributed by atoms with Gasteiger partial charge in [0, 0.05) is 25.1 Å². The van der Waals surface area contributed by atoms with Crippen molar-refractivity contribution in [3.8, 4) is 11.1 Å². The Morgan fingerprint density at radius 3 is 2.81 bits per heavy atom. The molecule has 2 aromatic rings. The lowest BCUT2D eigenvalue weighted by atomic mass is 10.1. The molecule has 0 atom stereocenters. The Labute approximate surface area is 129 Å². The monoisotopic (exact) mass is 304 g/mol. The highest BCUT2D eigenvalue weighted by Gasteiger charge is 2.03. The highest BCUT2D eigenvalue weighted by molar-refractivity contribution is 7.10. The maximum atomic E-state index is 11.5. The fourth-order valence-electron chi connectivity index (χ4n) is 1.91. The predicted molar refractivity (Wildman–Crippen MR) is 86.3 cm³/mol. The van der Waals surface area contributed by atoms with Crippen LogP contribution in [0.2, 0.25) is 0 Å². The van der Waals surface area contributed by atoms with Gasteiger partial charge in [-0.2, -0.15) is 0 Å². The molecular formula is C16H20N2O2S. The van der Waals surface area contributed by atoms with Crippen molar-refractivity contribution in [2.24, 2.45) is 0 Å². The molecule has 1 heterocycles. The van der Waals surface area contributed by atoms with E-state index in [1.807, 2.05) is 18.2 Å². The summed E-state index contributed by atoms with van der Waals surface area (Å²) in [5.74, 6) is -0.00751. The second kappa shape index (κ2) is 8.56. The number of carbonyl (C=O) groups excluding carboxylic acids is 1.